The van der Waals surface area contributed by atoms with Crippen LogP contribution >= 0.6 is 0 Å². The van der Waals surface area contributed by atoms with Gasteiger partial charge in [0.15, 0.2) is 18.1 Å². The van der Waals surface area contributed by atoms with Crippen molar-refractivity contribution in [3.05, 3.63) is 81.2 Å². The highest BCUT2D eigenvalue weighted by molar-refractivity contribution is 5.98. The van der Waals surface area contributed by atoms with Crippen molar-refractivity contribution in [2.75, 3.05) is 13.4 Å². The zero-order chi connectivity index (χ0) is 21.3. The van der Waals surface area contributed by atoms with Crippen LogP contribution in [-0.2, 0) is 6.54 Å². The summed E-state index contributed by atoms with van der Waals surface area (Å²) in [5, 5.41) is 10.7. The van der Waals surface area contributed by atoms with E-state index < -0.39 is 4.92 Å². The molecule has 8 nitrogen and oxygen atoms in total. The molecule has 0 aliphatic carbocycles. The molecule has 0 atom stereocenters. The first-order valence-electron chi connectivity index (χ1n) is 9.38. The molecule has 3 aromatic rings. The van der Waals surface area contributed by atoms with Gasteiger partial charge in [0.1, 0.15) is 5.75 Å². The molecule has 0 bridgehead atoms. The molecule has 0 unspecified atom stereocenters. The minimum Gasteiger partial charge on any atom is -0.485 e. The van der Waals surface area contributed by atoms with Gasteiger partial charge in [-0.3, -0.25) is 14.9 Å². The average Bonchev–Trinajstić information content (AvgIpc) is 3.31. The quantitative estimate of drug-likeness (QED) is 0.333. The molecule has 0 N–H and O–H groups in total. The molecule has 8 heteroatoms. The van der Waals surface area contributed by atoms with Gasteiger partial charge in [0, 0.05) is 35.6 Å². The molecule has 2 aromatic carbocycles. The van der Waals surface area contributed by atoms with Crippen molar-refractivity contribution in [3.8, 4) is 17.2 Å². The second-order valence-corrected chi connectivity index (χ2v) is 7.02. The molecule has 1 aliphatic rings. The maximum Gasteiger partial charge on any atom is 0.269 e. The summed E-state index contributed by atoms with van der Waals surface area (Å²) in [4.78, 5) is 22.9. The number of carbonyl (C=O) groups excluding carboxylic acids is 1. The lowest BCUT2D eigenvalue weighted by Crippen LogP contribution is -2.13. The van der Waals surface area contributed by atoms with E-state index in [9.17, 15) is 14.9 Å². The molecule has 1 aromatic heterocycles. The number of non-ortho nitro benzene ring substituents is 1. The lowest BCUT2D eigenvalue weighted by atomic mass is 10.1. The smallest absolute Gasteiger partial charge is 0.269 e. The Morgan fingerprint density at radius 2 is 1.83 bits per heavy atom. The number of nitro benzene ring substituents is 1. The van der Waals surface area contributed by atoms with Gasteiger partial charge < -0.3 is 18.8 Å². The minimum atomic E-state index is -0.482. The summed E-state index contributed by atoms with van der Waals surface area (Å²) in [7, 11) is 0. The largest absolute Gasteiger partial charge is 0.485 e. The molecule has 0 saturated carbocycles. The number of carbonyl (C=O) groups is 1. The van der Waals surface area contributed by atoms with Crippen LogP contribution in [0.2, 0.25) is 0 Å². The Morgan fingerprint density at radius 1 is 1.10 bits per heavy atom. The topological polar surface area (TPSA) is 92.8 Å². The van der Waals surface area contributed by atoms with Crippen LogP contribution in [0.3, 0.4) is 0 Å². The first-order valence-corrected chi connectivity index (χ1v) is 9.38. The fourth-order valence-corrected chi connectivity index (χ4v) is 3.44. The zero-order valence-corrected chi connectivity index (χ0v) is 16.6. The number of aryl methyl sites for hydroxylation is 1. The number of benzene rings is 2. The average molecular weight is 408 g/mol. The van der Waals surface area contributed by atoms with Crippen LogP contribution in [0.4, 0.5) is 5.69 Å². The summed E-state index contributed by atoms with van der Waals surface area (Å²) >= 11 is 0. The van der Waals surface area contributed by atoms with E-state index in [4.69, 9.17) is 14.2 Å². The lowest BCUT2D eigenvalue weighted by Gasteiger charge is -2.11. The number of fused-ring (bicyclic) bond motifs is 1. The van der Waals surface area contributed by atoms with Gasteiger partial charge in [-0.05, 0) is 49.7 Å². The summed E-state index contributed by atoms with van der Waals surface area (Å²) in [5.41, 5.74) is 3.42. The molecular formula is C22H20N2O6. The van der Waals surface area contributed by atoms with Crippen molar-refractivity contribution in [1.82, 2.24) is 4.57 Å². The van der Waals surface area contributed by atoms with Gasteiger partial charge in [-0.1, -0.05) is 6.07 Å². The first kappa shape index (κ1) is 19.5. The van der Waals surface area contributed by atoms with E-state index in [1.807, 2.05) is 38.1 Å². The third-order valence-electron chi connectivity index (χ3n) is 5.07. The number of ketones is 1. The number of rotatable bonds is 7. The van der Waals surface area contributed by atoms with Crippen molar-refractivity contribution in [3.63, 3.8) is 0 Å². The number of Topliss-reactive ketones (excluding diaryl/α,β-unsaturated/α-hetero) is 1. The Bertz CT molecular complexity index is 1120. The standard InChI is InChI=1S/C22H20N2O6/c1-14-9-19(20(25)12-28-18-6-4-17(5-7-18)24(26)27)15(2)23(14)11-16-3-8-21-22(10-16)30-13-29-21/h3-10H,11-13H2,1-2H3. The van der Waals surface area contributed by atoms with Gasteiger partial charge in [0.25, 0.3) is 5.69 Å². The predicted octanol–water partition coefficient (Wildman–Crippen LogP) is 4.05. The molecule has 2 heterocycles. The molecule has 0 amide bonds. The molecule has 0 fully saturated rings. The summed E-state index contributed by atoms with van der Waals surface area (Å²) in [6, 6.07) is 13.3. The summed E-state index contributed by atoms with van der Waals surface area (Å²) in [6.07, 6.45) is 0. The normalized spacial score (nSPS) is 12.1. The van der Waals surface area contributed by atoms with E-state index in [0.717, 1.165) is 28.5 Å². The number of ether oxygens (including phenoxy) is 3. The SMILES string of the molecule is Cc1cc(C(=O)COc2ccc([N+](=O)[O-])cc2)c(C)n1Cc1ccc2c(c1)OCO2. The van der Waals surface area contributed by atoms with E-state index in [1.165, 1.54) is 24.3 Å². The second-order valence-electron chi connectivity index (χ2n) is 7.02. The zero-order valence-electron chi connectivity index (χ0n) is 16.6. The highest BCUT2D eigenvalue weighted by Gasteiger charge is 2.18. The summed E-state index contributed by atoms with van der Waals surface area (Å²) < 4.78 is 18.4. The van der Waals surface area contributed by atoms with Crippen molar-refractivity contribution in [1.29, 1.82) is 0 Å². The van der Waals surface area contributed by atoms with Gasteiger partial charge >= 0.3 is 0 Å². The highest BCUT2D eigenvalue weighted by Crippen LogP contribution is 2.33. The minimum absolute atomic E-state index is 0.0271. The van der Waals surface area contributed by atoms with E-state index >= 15 is 0 Å². The Hall–Kier alpha value is -3.81. The Labute approximate surface area is 172 Å². The second kappa shape index (κ2) is 7.90. The highest BCUT2D eigenvalue weighted by atomic mass is 16.7. The molecule has 0 radical (unpaired) electrons. The molecular weight excluding hydrogens is 388 g/mol. The summed E-state index contributed by atoms with van der Waals surface area (Å²) in [6.45, 7) is 4.54. The summed E-state index contributed by atoms with van der Waals surface area (Å²) in [5.74, 6) is 1.71. The predicted molar refractivity (Wildman–Crippen MR) is 108 cm³/mol. The van der Waals surface area contributed by atoms with E-state index in [1.54, 1.807) is 0 Å². The molecule has 154 valence electrons. The third kappa shape index (κ3) is 3.84. The number of nitrogens with zero attached hydrogens (tertiary/aromatic N) is 2. The van der Waals surface area contributed by atoms with Crippen LogP contribution in [0, 0.1) is 24.0 Å². The van der Waals surface area contributed by atoms with Gasteiger partial charge in [-0.25, -0.2) is 0 Å². The van der Waals surface area contributed by atoms with Crippen molar-refractivity contribution in [2.24, 2.45) is 0 Å². The van der Waals surface area contributed by atoms with Crippen molar-refractivity contribution < 1.29 is 23.9 Å². The fourth-order valence-electron chi connectivity index (χ4n) is 3.44. The van der Waals surface area contributed by atoms with Crippen molar-refractivity contribution in [2.45, 2.75) is 20.4 Å². The van der Waals surface area contributed by atoms with Crippen LogP contribution in [0.1, 0.15) is 27.3 Å². The fraction of sp³-hybridized carbons (Fsp3) is 0.227. The molecule has 0 spiro atoms. The Kier molecular flexibility index (Phi) is 5.14. The van der Waals surface area contributed by atoms with Crippen LogP contribution in [0.5, 0.6) is 17.2 Å². The molecule has 0 saturated heterocycles. The Balaban J connectivity index is 1.45. The number of nitro groups is 1. The monoisotopic (exact) mass is 408 g/mol. The van der Waals surface area contributed by atoms with Crippen LogP contribution in [0.15, 0.2) is 48.5 Å². The molecule has 1 aliphatic heterocycles. The number of hydrogen-bond donors (Lipinski definition) is 0. The van der Waals surface area contributed by atoms with E-state index in [0.29, 0.717) is 17.9 Å². The maximum absolute atomic E-state index is 12.7. The van der Waals surface area contributed by atoms with Gasteiger partial charge in [-0.2, -0.15) is 0 Å². The van der Waals surface area contributed by atoms with E-state index in [-0.39, 0.29) is 24.9 Å². The molecule has 30 heavy (non-hydrogen) atoms. The number of hydrogen-bond acceptors (Lipinski definition) is 6. The third-order valence-corrected chi connectivity index (χ3v) is 5.07. The van der Waals surface area contributed by atoms with Crippen LogP contribution < -0.4 is 14.2 Å². The van der Waals surface area contributed by atoms with E-state index in [2.05, 4.69) is 4.57 Å². The van der Waals surface area contributed by atoms with Gasteiger partial charge in [0.05, 0.1) is 4.92 Å². The van der Waals surface area contributed by atoms with Gasteiger partial charge in [-0.15, -0.1) is 0 Å². The lowest BCUT2D eigenvalue weighted by molar-refractivity contribution is -0.384. The molecule has 4 rings (SSSR count). The van der Waals surface area contributed by atoms with Crippen molar-refractivity contribution >= 4 is 11.5 Å². The number of aromatic nitrogens is 1. The van der Waals surface area contributed by atoms with Crippen LogP contribution in [-0.4, -0.2) is 28.7 Å². The first-order chi connectivity index (χ1) is 14.4. The van der Waals surface area contributed by atoms with Gasteiger partial charge in [0.2, 0.25) is 12.6 Å². The Morgan fingerprint density at radius 3 is 2.57 bits per heavy atom. The maximum atomic E-state index is 12.7. The van der Waals surface area contributed by atoms with Crippen LogP contribution in [0.25, 0.3) is 0 Å².